The first kappa shape index (κ1) is 16.1. The average molecular weight is 315 g/mol. The molecule has 23 heavy (non-hydrogen) atoms. The molecule has 3 rings (SSSR count). The molecule has 0 saturated carbocycles. The Hall–Kier alpha value is -1.76. The second-order valence-corrected chi connectivity index (χ2v) is 6.21. The normalized spacial score (nSPS) is 22.3. The van der Waals surface area contributed by atoms with Gasteiger partial charge < -0.3 is 10.1 Å². The van der Waals surface area contributed by atoms with Crippen LogP contribution in [0.2, 0.25) is 0 Å². The number of ether oxygens (including phenoxy) is 1. The lowest BCUT2D eigenvalue weighted by Gasteiger charge is -2.35. The lowest BCUT2D eigenvalue weighted by molar-refractivity contribution is -0.0674. The van der Waals surface area contributed by atoms with E-state index in [4.69, 9.17) is 4.74 Å². The molecule has 0 radical (unpaired) electrons. The molecule has 0 aliphatic carbocycles. The third-order valence-corrected chi connectivity index (χ3v) is 4.08. The highest BCUT2D eigenvalue weighted by molar-refractivity contribution is 5.61. The zero-order valence-corrected chi connectivity index (χ0v) is 13.8. The van der Waals surface area contributed by atoms with Gasteiger partial charge in [-0.15, -0.1) is 0 Å². The number of hydrogen-bond acceptors (Lipinski definition) is 5. The maximum atomic E-state index is 5.77. The van der Waals surface area contributed by atoms with Crippen molar-refractivity contribution in [3.05, 3.63) is 36.3 Å². The molecule has 1 aliphatic rings. The van der Waals surface area contributed by atoms with Crippen LogP contribution in [0.15, 0.2) is 30.7 Å². The van der Waals surface area contributed by atoms with Crippen LogP contribution in [0.3, 0.4) is 0 Å². The first-order chi connectivity index (χ1) is 11.2. The molecule has 0 spiro atoms. The van der Waals surface area contributed by atoms with Gasteiger partial charge in [-0.1, -0.05) is 0 Å². The maximum Gasteiger partial charge on any atom is 0.0710 e. The molecule has 0 unspecified atom stereocenters. The SMILES string of the molecule is C[C@@H]1CN(CCNCc2cn[nH]c2-c2cccnc2)C[C@@H](C)O1. The molecular weight excluding hydrogens is 290 g/mol. The summed E-state index contributed by atoms with van der Waals surface area (Å²) in [5.41, 5.74) is 3.28. The van der Waals surface area contributed by atoms with Crippen molar-refractivity contribution >= 4 is 0 Å². The first-order valence-electron chi connectivity index (χ1n) is 8.23. The van der Waals surface area contributed by atoms with Crippen LogP contribution in [0.25, 0.3) is 11.3 Å². The van der Waals surface area contributed by atoms with E-state index in [0.29, 0.717) is 12.2 Å². The summed E-state index contributed by atoms with van der Waals surface area (Å²) in [5.74, 6) is 0. The van der Waals surface area contributed by atoms with E-state index in [1.807, 2.05) is 24.5 Å². The van der Waals surface area contributed by atoms with Crippen molar-refractivity contribution < 1.29 is 4.74 Å². The van der Waals surface area contributed by atoms with Gasteiger partial charge in [-0.05, 0) is 26.0 Å². The quantitative estimate of drug-likeness (QED) is 0.794. The number of pyridine rings is 1. The Bertz CT molecular complexity index is 590. The third kappa shape index (κ3) is 4.37. The van der Waals surface area contributed by atoms with Crippen LogP contribution in [0.5, 0.6) is 0 Å². The molecule has 6 nitrogen and oxygen atoms in total. The second-order valence-electron chi connectivity index (χ2n) is 6.21. The lowest BCUT2D eigenvalue weighted by Crippen LogP contribution is -2.47. The van der Waals surface area contributed by atoms with E-state index in [1.165, 1.54) is 5.56 Å². The molecule has 1 fully saturated rings. The number of H-pyrrole nitrogens is 1. The molecule has 0 aromatic carbocycles. The average Bonchev–Trinajstić information content (AvgIpc) is 3.00. The summed E-state index contributed by atoms with van der Waals surface area (Å²) in [6.45, 7) is 9.10. The topological polar surface area (TPSA) is 66.1 Å². The van der Waals surface area contributed by atoms with Crippen LogP contribution in [0, 0.1) is 0 Å². The number of morpholine rings is 1. The molecule has 0 amide bonds. The summed E-state index contributed by atoms with van der Waals surface area (Å²) in [5, 5.41) is 10.7. The van der Waals surface area contributed by atoms with Gasteiger partial charge in [0.1, 0.15) is 0 Å². The zero-order chi connectivity index (χ0) is 16.1. The maximum absolute atomic E-state index is 5.77. The molecule has 2 aromatic heterocycles. The fraction of sp³-hybridized carbons (Fsp3) is 0.529. The molecule has 6 heteroatoms. The standard InChI is InChI=1S/C17H25N5O/c1-13-11-22(12-14(2)23-13)7-6-19-9-16-10-20-21-17(16)15-4-3-5-18-8-15/h3-5,8,10,13-14,19H,6-7,9,11-12H2,1-2H3,(H,20,21)/t13-,14-/m1/s1. The van der Waals surface area contributed by atoms with Gasteiger partial charge in [0, 0.05) is 56.2 Å². The number of rotatable bonds is 6. The highest BCUT2D eigenvalue weighted by atomic mass is 16.5. The van der Waals surface area contributed by atoms with Crippen LogP contribution in [0.4, 0.5) is 0 Å². The van der Waals surface area contributed by atoms with E-state index in [2.05, 4.69) is 39.2 Å². The van der Waals surface area contributed by atoms with E-state index in [0.717, 1.165) is 44.0 Å². The summed E-state index contributed by atoms with van der Waals surface area (Å²) < 4.78 is 5.77. The Labute approximate surface area is 137 Å². The Kier molecular flexibility index (Phi) is 5.38. The summed E-state index contributed by atoms with van der Waals surface area (Å²) >= 11 is 0. The van der Waals surface area contributed by atoms with E-state index >= 15 is 0 Å². The van der Waals surface area contributed by atoms with Crippen molar-refractivity contribution in [2.45, 2.75) is 32.6 Å². The number of nitrogens with zero attached hydrogens (tertiary/aromatic N) is 3. The van der Waals surface area contributed by atoms with Crippen molar-refractivity contribution in [1.82, 2.24) is 25.4 Å². The van der Waals surface area contributed by atoms with Crippen molar-refractivity contribution in [2.24, 2.45) is 0 Å². The zero-order valence-electron chi connectivity index (χ0n) is 13.8. The molecule has 2 N–H and O–H groups in total. The van der Waals surface area contributed by atoms with Crippen molar-refractivity contribution in [3.8, 4) is 11.3 Å². The number of aromatic nitrogens is 3. The Morgan fingerprint density at radius 3 is 2.87 bits per heavy atom. The summed E-state index contributed by atoms with van der Waals surface area (Å²) in [4.78, 5) is 6.63. The minimum atomic E-state index is 0.324. The Balaban J connectivity index is 1.47. The highest BCUT2D eigenvalue weighted by Crippen LogP contribution is 2.19. The van der Waals surface area contributed by atoms with Gasteiger partial charge >= 0.3 is 0 Å². The summed E-state index contributed by atoms with van der Waals surface area (Å²) in [6.07, 6.45) is 6.17. The molecule has 3 heterocycles. The van der Waals surface area contributed by atoms with E-state index < -0.39 is 0 Å². The molecule has 1 aliphatic heterocycles. The van der Waals surface area contributed by atoms with E-state index in [1.54, 1.807) is 6.20 Å². The van der Waals surface area contributed by atoms with Gasteiger partial charge in [0.05, 0.1) is 24.1 Å². The fourth-order valence-electron chi connectivity index (χ4n) is 3.13. The van der Waals surface area contributed by atoms with Gasteiger partial charge in [-0.3, -0.25) is 15.0 Å². The van der Waals surface area contributed by atoms with Gasteiger partial charge in [0.15, 0.2) is 0 Å². The monoisotopic (exact) mass is 315 g/mol. The van der Waals surface area contributed by atoms with Gasteiger partial charge in [-0.2, -0.15) is 5.10 Å². The van der Waals surface area contributed by atoms with Crippen LogP contribution in [-0.4, -0.2) is 58.5 Å². The first-order valence-corrected chi connectivity index (χ1v) is 8.23. The minimum absolute atomic E-state index is 0.324. The summed E-state index contributed by atoms with van der Waals surface area (Å²) in [6, 6.07) is 3.98. The number of nitrogens with one attached hydrogen (secondary N) is 2. The summed E-state index contributed by atoms with van der Waals surface area (Å²) in [7, 11) is 0. The van der Waals surface area contributed by atoms with Crippen molar-refractivity contribution in [2.75, 3.05) is 26.2 Å². The van der Waals surface area contributed by atoms with E-state index in [-0.39, 0.29) is 0 Å². The lowest BCUT2D eigenvalue weighted by atomic mass is 10.1. The molecule has 2 aromatic rings. The highest BCUT2D eigenvalue weighted by Gasteiger charge is 2.21. The van der Waals surface area contributed by atoms with Crippen LogP contribution in [0.1, 0.15) is 19.4 Å². The minimum Gasteiger partial charge on any atom is -0.373 e. The van der Waals surface area contributed by atoms with Gasteiger partial charge in [0.25, 0.3) is 0 Å². The second kappa shape index (κ2) is 7.68. The number of aromatic amines is 1. The molecule has 124 valence electrons. The predicted octanol–water partition coefficient (Wildman–Crippen LogP) is 1.67. The van der Waals surface area contributed by atoms with Crippen molar-refractivity contribution in [1.29, 1.82) is 0 Å². The van der Waals surface area contributed by atoms with Crippen LogP contribution < -0.4 is 5.32 Å². The predicted molar refractivity (Wildman–Crippen MR) is 90.0 cm³/mol. The number of hydrogen-bond donors (Lipinski definition) is 2. The van der Waals surface area contributed by atoms with Crippen LogP contribution >= 0.6 is 0 Å². The largest absolute Gasteiger partial charge is 0.373 e. The van der Waals surface area contributed by atoms with Gasteiger partial charge in [-0.25, -0.2) is 0 Å². The van der Waals surface area contributed by atoms with Crippen LogP contribution in [-0.2, 0) is 11.3 Å². The fourth-order valence-corrected chi connectivity index (χ4v) is 3.13. The molecule has 2 atom stereocenters. The van der Waals surface area contributed by atoms with Gasteiger partial charge in [0.2, 0.25) is 0 Å². The van der Waals surface area contributed by atoms with Crippen molar-refractivity contribution in [3.63, 3.8) is 0 Å². The Morgan fingerprint density at radius 1 is 1.30 bits per heavy atom. The Morgan fingerprint density at radius 2 is 2.13 bits per heavy atom. The molecule has 0 bridgehead atoms. The molecular formula is C17H25N5O. The van der Waals surface area contributed by atoms with E-state index in [9.17, 15) is 0 Å². The molecule has 1 saturated heterocycles. The third-order valence-electron chi connectivity index (χ3n) is 4.08. The smallest absolute Gasteiger partial charge is 0.0710 e.